The first-order valence-electron chi connectivity index (χ1n) is 4.24. The zero-order valence-electron chi connectivity index (χ0n) is 7.71. The second-order valence-electron chi connectivity index (χ2n) is 2.38. The van der Waals surface area contributed by atoms with E-state index in [1.54, 1.807) is 6.92 Å². The van der Waals surface area contributed by atoms with E-state index in [1.807, 2.05) is 0 Å². The normalized spacial score (nSPS) is 9.38. The summed E-state index contributed by atoms with van der Waals surface area (Å²) in [6, 6.07) is 0. The number of amides is 1. The van der Waals surface area contributed by atoms with Crippen LogP contribution >= 0.6 is 12.6 Å². The number of hydrogen-bond donors (Lipinski definition) is 2. The summed E-state index contributed by atoms with van der Waals surface area (Å²) in [6.07, 6.45) is 0.332. The van der Waals surface area contributed by atoms with Crippen LogP contribution < -0.4 is 5.32 Å². The lowest BCUT2D eigenvalue weighted by atomic mass is 10.3. The lowest BCUT2D eigenvalue weighted by Crippen LogP contribution is -2.25. The molecule has 4 nitrogen and oxygen atoms in total. The lowest BCUT2D eigenvalue weighted by molar-refractivity contribution is -0.144. The Hall–Kier alpha value is -0.710. The number of rotatable bonds is 6. The van der Waals surface area contributed by atoms with Gasteiger partial charge in [-0.2, -0.15) is 12.6 Å². The van der Waals surface area contributed by atoms with Crippen LogP contribution in [-0.2, 0) is 14.3 Å². The molecule has 0 saturated heterocycles. The molecule has 0 atom stereocenters. The van der Waals surface area contributed by atoms with E-state index < -0.39 is 0 Å². The molecule has 76 valence electrons. The number of carbonyl (C=O) groups is 2. The third-order valence-electron chi connectivity index (χ3n) is 1.30. The Balaban J connectivity index is 3.40. The van der Waals surface area contributed by atoms with Gasteiger partial charge in [-0.1, -0.05) is 0 Å². The molecule has 1 N–H and O–H groups in total. The fraction of sp³-hybridized carbons (Fsp3) is 0.750. The predicted molar refractivity (Wildman–Crippen MR) is 52.7 cm³/mol. The van der Waals surface area contributed by atoms with Crippen molar-refractivity contribution in [2.75, 3.05) is 18.9 Å². The molecule has 0 aliphatic heterocycles. The summed E-state index contributed by atoms with van der Waals surface area (Å²) in [4.78, 5) is 21.8. The van der Waals surface area contributed by atoms with Crippen LogP contribution in [-0.4, -0.2) is 30.8 Å². The molecule has 0 bridgehead atoms. The summed E-state index contributed by atoms with van der Waals surface area (Å²) < 4.78 is 4.66. The topological polar surface area (TPSA) is 55.4 Å². The fourth-order valence-electron chi connectivity index (χ4n) is 0.732. The summed E-state index contributed by atoms with van der Waals surface area (Å²) in [5.74, 6) is 0.135. The van der Waals surface area contributed by atoms with Gasteiger partial charge in [-0.15, -0.1) is 0 Å². The van der Waals surface area contributed by atoms with Crippen molar-refractivity contribution in [2.24, 2.45) is 0 Å². The first-order valence-corrected chi connectivity index (χ1v) is 4.87. The van der Waals surface area contributed by atoms with Crippen molar-refractivity contribution < 1.29 is 14.3 Å². The Labute approximate surface area is 83.4 Å². The maximum atomic E-state index is 11.0. The highest BCUT2D eigenvalue weighted by Crippen LogP contribution is 1.92. The van der Waals surface area contributed by atoms with Gasteiger partial charge in [0.1, 0.15) is 0 Å². The zero-order valence-corrected chi connectivity index (χ0v) is 8.60. The maximum absolute atomic E-state index is 11.0. The molecule has 0 aromatic carbocycles. The average Bonchev–Trinajstić information content (AvgIpc) is 2.12. The molecule has 0 aliphatic rings. The van der Waals surface area contributed by atoms with Crippen LogP contribution in [0.4, 0.5) is 0 Å². The number of carbonyl (C=O) groups excluding carboxylic acids is 2. The van der Waals surface area contributed by atoms with Gasteiger partial charge in [0, 0.05) is 18.7 Å². The standard InChI is InChI=1S/C8H15NO3S/c1-2-12-8(11)4-3-7(10)9-5-6-13/h13H,2-6H2,1H3,(H,9,10). The second kappa shape index (κ2) is 7.91. The number of ether oxygens (including phenoxy) is 1. The molecule has 5 heteroatoms. The van der Waals surface area contributed by atoms with Gasteiger partial charge in [-0.05, 0) is 6.92 Å². The highest BCUT2D eigenvalue weighted by molar-refractivity contribution is 7.80. The Morgan fingerprint density at radius 3 is 2.62 bits per heavy atom. The number of nitrogens with one attached hydrogen (secondary N) is 1. The van der Waals surface area contributed by atoms with Gasteiger partial charge in [0.05, 0.1) is 13.0 Å². The van der Waals surface area contributed by atoms with Crippen LogP contribution in [0, 0.1) is 0 Å². The van der Waals surface area contributed by atoms with Crippen LogP contribution in [0.3, 0.4) is 0 Å². The molecule has 0 fully saturated rings. The van der Waals surface area contributed by atoms with Gasteiger partial charge in [0.25, 0.3) is 0 Å². The minimum absolute atomic E-state index is 0.137. The molecule has 0 spiro atoms. The summed E-state index contributed by atoms with van der Waals surface area (Å²) in [6.45, 7) is 2.63. The van der Waals surface area contributed by atoms with E-state index in [1.165, 1.54) is 0 Å². The van der Waals surface area contributed by atoms with E-state index in [4.69, 9.17) is 0 Å². The average molecular weight is 205 g/mol. The predicted octanol–water partition coefficient (Wildman–Crippen LogP) is 0.376. The van der Waals surface area contributed by atoms with E-state index in [2.05, 4.69) is 22.7 Å². The smallest absolute Gasteiger partial charge is 0.306 e. The van der Waals surface area contributed by atoms with Gasteiger partial charge in [-0.25, -0.2) is 0 Å². The van der Waals surface area contributed by atoms with Crippen molar-refractivity contribution >= 4 is 24.5 Å². The number of hydrogen-bond acceptors (Lipinski definition) is 4. The van der Waals surface area contributed by atoms with Gasteiger partial charge in [0.15, 0.2) is 0 Å². The molecular weight excluding hydrogens is 190 g/mol. The van der Waals surface area contributed by atoms with Crippen LogP contribution in [0.15, 0.2) is 0 Å². The molecule has 0 saturated carbocycles. The van der Waals surface area contributed by atoms with Crippen LogP contribution in [0.5, 0.6) is 0 Å². The highest BCUT2D eigenvalue weighted by Gasteiger charge is 2.05. The van der Waals surface area contributed by atoms with Gasteiger partial charge >= 0.3 is 5.97 Å². The molecular formula is C8H15NO3S. The number of thiol groups is 1. The fourth-order valence-corrected chi connectivity index (χ4v) is 0.844. The van der Waals surface area contributed by atoms with Gasteiger partial charge in [0.2, 0.25) is 5.91 Å². The first-order chi connectivity index (χ1) is 6.20. The molecule has 0 aliphatic carbocycles. The summed E-state index contributed by atoms with van der Waals surface area (Å²) in [7, 11) is 0. The molecule has 0 radical (unpaired) electrons. The molecule has 0 unspecified atom stereocenters. The third-order valence-corrected chi connectivity index (χ3v) is 1.52. The van der Waals surface area contributed by atoms with Crippen LogP contribution in [0.1, 0.15) is 19.8 Å². The van der Waals surface area contributed by atoms with E-state index in [-0.39, 0.29) is 24.7 Å². The Kier molecular flexibility index (Phi) is 7.48. The van der Waals surface area contributed by atoms with E-state index in [9.17, 15) is 9.59 Å². The van der Waals surface area contributed by atoms with E-state index in [0.717, 1.165) is 0 Å². The van der Waals surface area contributed by atoms with Gasteiger partial charge < -0.3 is 10.1 Å². The van der Waals surface area contributed by atoms with Crippen molar-refractivity contribution in [3.8, 4) is 0 Å². The van der Waals surface area contributed by atoms with Crippen molar-refractivity contribution in [3.05, 3.63) is 0 Å². The SMILES string of the molecule is CCOC(=O)CCC(=O)NCCS. The first kappa shape index (κ1) is 12.3. The lowest BCUT2D eigenvalue weighted by Gasteiger charge is -2.02. The Morgan fingerprint density at radius 1 is 1.38 bits per heavy atom. The van der Waals surface area contributed by atoms with E-state index in [0.29, 0.717) is 18.9 Å². The van der Waals surface area contributed by atoms with Crippen molar-refractivity contribution in [2.45, 2.75) is 19.8 Å². The van der Waals surface area contributed by atoms with E-state index >= 15 is 0 Å². The molecule has 0 aromatic rings. The third kappa shape index (κ3) is 7.64. The zero-order chi connectivity index (χ0) is 10.1. The second-order valence-corrected chi connectivity index (χ2v) is 2.83. The quantitative estimate of drug-likeness (QED) is 0.487. The van der Waals surface area contributed by atoms with Crippen molar-refractivity contribution in [1.82, 2.24) is 5.32 Å². The summed E-state index contributed by atoms with van der Waals surface area (Å²) in [5.41, 5.74) is 0. The maximum Gasteiger partial charge on any atom is 0.306 e. The highest BCUT2D eigenvalue weighted by atomic mass is 32.1. The number of esters is 1. The Bertz CT molecular complexity index is 173. The summed E-state index contributed by atoms with van der Waals surface area (Å²) >= 11 is 3.93. The minimum Gasteiger partial charge on any atom is -0.466 e. The van der Waals surface area contributed by atoms with Crippen molar-refractivity contribution in [3.63, 3.8) is 0 Å². The Morgan fingerprint density at radius 2 is 2.08 bits per heavy atom. The molecule has 13 heavy (non-hydrogen) atoms. The molecule has 0 rings (SSSR count). The largest absolute Gasteiger partial charge is 0.466 e. The van der Waals surface area contributed by atoms with Crippen LogP contribution in [0.25, 0.3) is 0 Å². The molecule has 1 amide bonds. The monoisotopic (exact) mass is 205 g/mol. The summed E-state index contributed by atoms with van der Waals surface area (Å²) in [5, 5.41) is 2.61. The minimum atomic E-state index is -0.330. The van der Waals surface area contributed by atoms with Crippen molar-refractivity contribution in [1.29, 1.82) is 0 Å². The van der Waals surface area contributed by atoms with Gasteiger partial charge in [-0.3, -0.25) is 9.59 Å². The molecule has 0 aromatic heterocycles. The molecule has 0 heterocycles. The van der Waals surface area contributed by atoms with Crippen LogP contribution in [0.2, 0.25) is 0 Å².